The van der Waals surface area contributed by atoms with Crippen molar-refractivity contribution in [2.45, 2.75) is 31.7 Å². The molecule has 1 fully saturated rings. The van der Waals surface area contributed by atoms with Gasteiger partial charge in [-0.15, -0.1) is 0 Å². The fourth-order valence-electron chi connectivity index (χ4n) is 1.77. The maximum atomic E-state index is 8.74. The summed E-state index contributed by atoms with van der Waals surface area (Å²) in [5.74, 6) is 1.54. The Hall–Kier alpha value is -0.870. The number of nitrogens with one attached hydrogen (secondary N) is 1. The van der Waals surface area contributed by atoms with E-state index in [1.54, 1.807) is 6.20 Å². The first-order chi connectivity index (χ1) is 6.90. The van der Waals surface area contributed by atoms with Gasteiger partial charge in [0.2, 0.25) is 5.89 Å². The van der Waals surface area contributed by atoms with Gasteiger partial charge in [0.15, 0.2) is 0 Å². The normalized spacial score (nSPS) is 22.5. The van der Waals surface area contributed by atoms with Crippen LogP contribution in [0, 0.1) is 0 Å². The van der Waals surface area contributed by atoms with E-state index in [2.05, 4.69) is 10.3 Å². The molecule has 1 atom stereocenters. The zero-order valence-electron chi connectivity index (χ0n) is 8.20. The van der Waals surface area contributed by atoms with Crippen molar-refractivity contribution in [1.29, 1.82) is 0 Å². The smallest absolute Gasteiger partial charge is 0.211 e. The van der Waals surface area contributed by atoms with Crippen LogP contribution in [-0.2, 0) is 6.42 Å². The van der Waals surface area contributed by atoms with E-state index in [1.165, 1.54) is 12.8 Å². The van der Waals surface area contributed by atoms with Crippen LogP contribution in [0.25, 0.3) is 0 Å². The highest BCUT2D eigenvalue weighted by Gasteiger charge is 2.19. The fraction of sp³-hybridized carbons (Fsp3) is 0.700. The predicted octanol–water partition coefficient (Wildman–Crippen LogP) is 1.02. The molecule has 1 aliphatic heterocycles. The number of hydrogen-bond acceptors (Lipinski definition) is 4. The van der Waals surface area contributed by atoms with Crippen molar-refractivity contribution in [3.05, 3.63) is 17.8 Å². The topological polar surface area (TPSA) is 58.3 Å². The lowest BCUT2D eigenvalue weighted by atomic mass is 10.1. The average Bonchev–Trinajstić information content (AvgIpc) is 2.68. The molecule has 2 heterocycles. The van der Waals surface area contributed by atoms with E-state index in [1.807, 2.05) is 0 Å². The molecule has 0 amide bonds. The maximum absolute atomic E-state index is 8.74. The lowest BCUT2D eigenvalue weighted by molar-refractivity contribution is 0.278. The molecule has 1 unspecified atom stereocenters. The van der Waals surface area contributed by atoms with E-state index in [0.717, 1.165) is 24.6 Å². The summed E-state index contributed by atoms with van der Waals surface area (Å²) >= 11 is 0. The van der Waals surface area contributed by atoms with Crippen molar-refractivity contribution >= 4 is 0 Å². The molecule has 2 N–H and O–H groups in total. The van der Waals surface area contributed by atoms with E-state index < -0.39 is 0 Å². The molecule has 4 nitrogen and oxygen atoms in total. The summed E-state index contributed by atoms with van der Waals surface area (Å²) < 4.78 is 5.53. The van der Waals surface area contributed by atoms with Crippen LogP contribution in [0.1, 0.15) is 37.0 Å². The molecule has 4 heteroatoms. The highest BCUT2D eigenvalue weighted by molar-refractivity contribution is 4.99. The summed E-state index contributed by atoms with van der Waals surface area (Å²) in [6.45, 7) is 1.16. The summed E-state index contributed by atoms with van der Waals surface area (Å²) in [6, 6.07) is 0.274. The van der Waals surface area contributed by atoms with E-state index in [0.29, 0.717) is 6.42 Å². The molecule has 78 valence electrons. The highest BCUT2D eigenvalue weighted by Crippen LogP contribution is 2.22. The Morgan fingerprint density at radius 3 is 3.21 bits per heavy atom. The van der Waals surface area contributed by atoms with Crippen LogP contribution in [0.15, 0.2) is 10.6 Å². The molecule has 1 aromatic rings. The lowest BCUT2D eigenvalue weighted by Crippen LogP contribution is -2.26. The van der Waals surface area contributed by atoms with Gasteiger partial charge in [-0.1, -0.05) is 6.42 Å². The SMILES string of the molecule is OCCc1cnc(C2CCCCN2)o1. The van der Waals surface area contributed by atoms with Crippen LogP contribution in [0.4, 0.5) is 0 Å². The number of aliphatic hydroxyl groups excluding tert-OH is 1. The molecule has 0 bridgehead atoms. The minimum Gasteiger partial charge on any atom is -0.444 e. The van der Waals surface area contributed by atoms with Gasteiger partial charge in [0.05, 0.1) is 18.8 Å². The van der Waals surface area contributed by atoms with E-state index in [9.17, 15) is 0 Å². The first-order valence-corrected chi connectivity index (χ1v) is 5.19. The third kappa shape index (κ3) is 2.13. The van der Waals surface area contributed by atoms with Crippen LogP contribution in [0.2, 0.25) is 0 Å². The Labute approximate surface area is 83.3 Å². The highest BCUT2D eigenvalue weighted by atomic mass is 16.4. The summed E-state index contributed by atoms with van der Waals surface area (Å²) in [5, 5.41) is 12.1. The number of aliphatic hydroxyl groups is 1. The quantitative estimate of drug-likeness (QED) is 0.758. The molecular formula is C10H16N2O2. The van der Waals surface area contributed by atoms with Crippen molar-refractivity contribution < 1.29 is 9.52 Å². The molecule has 0 aliphatic carbocycles. The minimum atomic E-state index is 0.118. The van der Waals surface area contributed by atoms with Gasteiger partial charge in [-0.25, -0.2) is 4.98 Å². The summed E-state index contributed by atoms with van der Waals surface area (Å²) in [7, 11) is 0. The molecule has 0 aromatic carbocycles. The first kappa shape index (κ1) is 9.68. The van der Waals surface area contributed by atoms with Crippen molar-refractivity contribution in [3.8, 4) is 0 Å². The minimum absolute atomic E-state index is 0.118. The average molecular weight is 196 g/mol. The maximum Gasteiger partial charge on any atom is 0.211 e. The number of rotatable bonds is 3. The van der Waals surface area contributed by atoms with Crippen LogP contribution in [0.5, 0.6) is 0 Å². The van der Waals surface area contributed by atoms with Crippen LogP contribution in [0.3, 0.4) is 0 Å². The molecule has 0 radical (unpaired) electrons. The standard InChI is InChI=1S/C10H16N2O2/c13-6-4-8-7-12-10(14-8)9-3-1-2-5-11-9/h7,9,11,13H,1-6H2. The molecule has 1 aliphatic rings. The van der Waals surface area contributed by atoms with Gasteiger partial charge < -0.3 is 14.8 Å². The van der Waals surface area contributed by atoms with E-state index in [4.69, 9.17) is 9.52 Å². The van der Waals surface area contributed by atoms with Gasteiger partial charge in [0, 0.05) is 6.42 Å². The van der Waals surface area contributed by atoms with Gasteiger partial charge in [-0.05, 0) is 19.4 Å². The fourth-order valence-corrected chi connectivity index (χ4v) is 1.77. The van der Waals surface area contributed by atoms with Gasteiger partial charge in [-0.2, -0.15) is 0 Å². The third-order valence-electron chi connectivity index (χ3n) is 2.54. The summed E-state index contributed by atoms with van der Waals surface area (Å²) in [5.41, 5.74) is 0. The Morgan fingerprint density at radius 2 is 2.50 bits per heavy atom. The van der Waals surface area contributed by atoms with Gasteiger partial charge >= 0.3 is 0 Å². The number of oxazole rings is 1. The first-order valence-electron chi connectivity index (χ1n) is 5.19. The monoisotopic (exact) mass is 196 g/mol. The lowest BCUT2D eigenvalue weighted by Gasteiger charge is -2.20. The second kappa shape index (κ2) is 4.57. The van der Waals surface area contributed by atoms with Gasteiger partial charge in [0.1, 0.15) is 5.76 Å². The van der Waals surface area contributed by atoms with Crippen LogP contribution >= 0.6 is 0 Å². The molecule has 0 saturated carbocycles. The van der Waals surface area contributed by atoms with Crippen molar-refractivity contribution in [1.82, 2.24) is 10.3 Å². The number of aromatic nitrogens is 1. The Morgan fingerprint density at radius 1 is 1.57 bits per heavy atom. The van der Waals surface area contributed by atoms with Crippen LogP contribution in [-0.4, -0.2) is 23.2 Å². The molecular weight excluding hydrogens is 180 g/mol. The molecule has 2 rings (SSSR count). The largest absolute Gasteiger partial charge is 0.444 e. The van der Waals surface area contributed by atoms with Gasteiger partial charge in [0.25, 0.3) is 0 Å². The Bertz CT molecular complexity index is 279. The van der Waals surface area contributed by atoms with Crippen molar-refractivity contribution in [2.75, 3.05) is 13.2 Å². The van der Waals surface area contributed by atoms with Crippen molar-refractivity contribution in [3.63, 3.8) is 0 Å². The Balaban J connectivity index is 2.00. The number of hydrogen-bond donors (Lipinski definition) is 2. The zero-order chi connectivity index (χ0) is 9.80. The Kier molecular flexibility index (Phi) is 3.16. The zero-order valence-corrected chi connectivity index (χ0v) is 8.20. The van der Waals surface area contributed by atoms with E-state index >= 15 is 0 Å². The summed E-state index contributed by atoms with van der Waals surface area (Å²) in [4.78, 5) is 4.22. The van der Waals surface area contributed by atoms with Crippen molar-refractivity contribution in [2.24, 2.45) is 0 Å². The number of nitrogens with zero attached hydrogens (tertiary/aromatic N) is 1. The third-order valence-corrected chi connectivity index (χ3v) is 2.54. The second-order valence-corrected chi connectivity index (χ2v) is 3.64. The molecule has 1 aromatic heterocycles. The second-order valence-electron chi connectivity index (χ2n) is 3.64. The number of piperidine rings is 1. The summed E-state index contributed by atoms with van der Waals surface area (Å²) in [6.07, 6.45) is 5.83. The molecule has 0 spiro atoms. The molecule has 14 heavy (non-hydrogen) atoms. The predicted molar refractivity (Wildman–Crippen MR) is 51.9 cm³/mol. The van der Waals surface area contributed by atoms with E-state index in [-0.39, 0.29) is 12.6 Å². The molecule has 1 saturated heterocycles. The van der Waals surface area contributed by atoms with Crippen LogP contribution < -0.4 is 5.32 Å². The van der Waals surface area contributed by atoms with Gasteiger partial charge in [-0.3, -0.25) is 0 Å².